The minimum absolute atomic E-state index is 0.0333. The monoisotopic (exact) mass is 452 g/mol. The maximum absolute atomic E-state index is 13.4. The van der Waals surface area contributed by atoms with Crippen molar-refractivity contribution in [1.82, 2.24) is 9.78 Å². The molecule has 6 rings (SSSR count). The summed E-state index contributed by atoms with van der Waals surface area (Å²) in [6.07, 6.45) is 2.09. The van der Waals surface area contributed by atoms with Gasteiger partial charge in [0, 0.05) is 33.6 Å². The van der Waals surface area contributed by atoms with Gasteiger partial charge in [0.15, 0.2) is 0 Å². The number of fused-ring (bicyclic) bond motifs is 4. The zero-order chi connectivity index (χ0) is 21.3. The van der Waals surface area contributed by atoms with E-state index in [0.717, 1.165) is 35.2 Å². The Bertz CT molecular complexity index is 1260. The second kappa shape index (κ2) is 6.58. The van der Waals surface area contributed by atoms with Crippen LogP contribution < -0.4 is 10.6 Å². The van der Waals surface area contributed by atoms with E-state index in [0.29, 0.717) is 34.0 Å². The van der Waals surface area contributed by atoms with Gasteiger partial charge in [-0.3, -0.25) is 9.59 Å². The van der Waals surface area contributed by atoms with Gasteiger partial charge in [-0.05, 0) is 54.3 Å². The number of aromatic nitrogens is 2. The van der Waals surface area contributed by atoms with E-state index in [1.165, 1.54) is 0 Å². The SMILES string of the molecule is O=C1CC2(C(=O)Nc3ccc(Cl)cc32)c2c(C3CC3)nn(Cc3ccc(Cl)cc3)c2N1. The number of benzene rings is 2. The normalized spacial score (nSPS) is 21.6. The molecule has 1 atom stereocenters. The van der Waals surface area contributed by atoms with Crippen molar-refractivity contribution >= 4 is 46.5 Å². The van der Waals surface area contributed by atoms with E-state index in [1.54, 1.807) is 22.9 Å². The Morgan fingerprint density at radius 1 is 1.03 bits per heavy atom. The number of carbonyl (C=O) groups excluding carboxylic acids is 2. The van der Waals surface area contributed by atoms with Crippen LogP contribution in [0.15, 0.2) is 42.5 Å². The van der Waals surface area contributed by atoms with Crippen molar-refractivity contribution in [3.8, 4) is 0 Å². The number of carbonyl (C=O) groups is 2. The van der Waals surface area contributed by atoms with E-state index in [4.69, 9.17) is 28.3 Å². The molecule has 1 saturated carbocycles. The predicted octanol–water partition coefficient (Wildman–Crippen LogP) is 4.70. The zero-order valence-electron chi connectivity index (χ0n) is 16.4. The average Bonchev–Trinajstić information content (AvgIpc) is 3.48. The molecule has 156 valence electrons. The molecule has 2 aliphatic heterocycles. The van der Waals surface area contributed by atoms with Crippen LogP contribution in [0.1, 0.15) is 47.6 Å². The number of hydrogen-bond acceptors (Lipinski definition) is 3. The number of halogens is 2. The number of rotatable bonds is 3. The Morgan fingerprint density at radius 3 is 2.52 bits per heavy atom. The van der Waals surface area contributed by atoms with Crippen LogP contribution in [0.2, 0.25) is 10.0 Å². The molecule has 0 radical (unpaired) electrons. The van der Waals surface area contributed by atoms with Crippen LogP contribution in [0.3, 0.4) is 0 Å². The maximum Gasteiger partial charge on any atom is 0.240 e. The van der Waals surface area contributed by atoms with E-state index in [1.807, 2.05) is 24.3 Å². The highest BCUT2D eigenvalue weighted by atomic mass is 35.5. The van der Waals surface area contributed by atoms with E-state index >= 15 is 0 Å². The lowest BCUT2D eigenvalue weighted by molar-refractivity contribution is -0.125. The molecule has 2 N–H and O–H groups in total. The van der Waals surface area contributed by atoms with Gasteiger partial charge in [-0.1, -0.05) is 35.3 Å². The lowest BCUT2D eigenvalue weighted by Crippen LogP contribution is -2.44. The minimum atomic E-state index is -1.12. The molecule has 1 spiro atoms. The lowest BCUT2D eigenvalue weighted by atomic mass is 9.70. The van der Waals surface area contributed by atoms with Gasteiger partial charge < -0.3 is 10.6 Å². The number of nitrogens with one attached hydrogen (secondary N) is 2. The first-order valence-electron chi connectivity index (χ1n) is 10.2. The van der Waals surface area contributed by atoms with E-state index in [2.05, 4.69) is 10.6 Å². The fraction of sp³-hybridized carbons (Fsp3) is 0.261. The highest BCUT2D eigenvalue weighted by Crippen LogP contribution is 2.55. The zero-order valence-corrected chi connectivity index (χ0v) is 17.9. The fourth-order valence-electron chi connectivity index (χ4n) is 4.81. The molecule has 2 aromatic carbocycles. The fourth-order valence-corrected chi connectivity index (χ4v) is 5.11. The maximum atomic E-state index is 13.4. The van der Waals surface area contributed by atoms with Crippen LogP contribution in [0.4, 0.5) is 11.5 Å². The molecule has 1 aromatic heterocycles. The molecular formula is C23H18Cl2N4O2. The minimum Gasteiger partial charge on any atom is -0.325 e. The molecule has 0 saturated heterocycles. The summed E-state index contributed by atoms with van der Waals surface area (Å²) in [7, 11) is 0. The van der Waals surface area contributed by atoms with Crippen LogP contribution >= 0.6 is 23.2 Å². The summed E-state index contributed by atoms with van der Waals surface area (Å²) in [5, 5.41) is 12.1. The third kappa shape index (κ3) is 2.82. The Hall–Kier alpha value is -2.83. The quantitative estimate of drug-likeness (QED) is 0.604. The highest BCUT2D eigenvalue weighted by Gasteiger charge is 2.56. The van der Waals surface area contributed by atoms with Gasteiger partial charge in [0.25, 0.3) is 0 Å². The Balaban J connectivity index is 1.57. The smallest absolute Gasteiger partial charge is 0.240 e. The molecule has 3 aromatic rings. The highest BCUT2D eigenvalue weighted by molar-refractivity contribution is 6.31. The van der Waals surface area contributed by atoms with Gasteiger partial charge in [0.2, 0.25) is 11.8 Å². The molecular weight excluding hydrogens is 435 g/mol. The van der Waals surface area contributed by atoms with Crippen molar-refractivity contribution in [2.24, 2.45) is 0 Å². The Kier molecular flexibility index (Phi) is 4.01. The molecule has 2 amide bonds. The molecule has 31 heavy (non-hydrogen) atoms. The topological polar surface area (TPSA) is 76.0 Å². The summed E-state index contributed by atoms with van der Waals surface area (Å²) < 4.78 is 1.81. The summed E-state index contributed by atoms with van der Waals surface area (Å²) in [5.74, 6) is 0.475. The van der Waals surface area contributed by atoms with E-state index in [9.17, 15) is 9.59 Å². The van der Waals surface area contributed by atoms with Gasteiger partial charge in [-0.25, -0.2) is 4.68 Å². The summed E-state index contributed by atoms with van der Waals surface area (Å²) in [5.41, 5.74) is 3.03. The second-order valence-electron chi connectivity index (χ2n) is 8.44. The van der Waals surface area contributed by atoms with Gasteiger partial charge in [0.05, 0.1) is 12.2 Å². The van der Waals surface area contributed by atoms with Crippen molar-refractivity contribution in [3.63, 3.8) is 0 Å². The molecule has 1 aliphatic carbocycles. The van der Waals surface area contributed by atoms with Crippen molar-refractivity contribution in [2.75, 3.05) is 10.6 Å². The Labute approximate surface area is 188 Å². The first-order valence-corrected chi connectivity index (χ1v) is 11.0. The molecule has 1 unspecified atom stereocenters. The first-order chi connectivity index (χ1) is 15.0. The number of nitrogens with zero attached hydrogens (tertiary/aromatic N) is 2. The van der Waals surface area contributed by atoms with Crippen LogP contribution in [0.5, 0.6) is 0 Å². The molecule has 6 nitrogen and oxygen atoms in total. The van der Waals surface area contributed by atoms with Crippen molar-refractivity contribution in [1.29, 1.82) is 0 Å². The summed E-state index contributed by atoms with van der Waals surface area (Å²) in [6.45, 7) is 0.465. The molecule has 0 bridgehead atoms. The summed E-state index contributed by atoms with van der Waals surface area (Å²) in [4.78, 5) is 26.3. The van der Waals surface area contributed by atoms with Gasteiger partial charge in [-0.15, -0.1) is 0 Å². The number of anilines is 2. The van der Waals surface area contributed by atoms with E-state index in [-0.39, 0.29) is 18.2 Å². The average molecular weight is 453 g/mol. The van der Waals surface area contributed by atoms with E-state index < -0.39 is 5.41 Å². The number of amides is 2. The van der Waals surface area contributed by atoms with Gasteiger partial charge in [0.1, 0.15) is 11.2 Å². The Morgan fingerprint density at radius 2 is 1.77 bits per heavy atom. The molecule has 3 heterocycles. The first kappa shape index (κ1) is 18.9. The van der Waals surface area contributed by atoms with Crippen LogP contribution in [-0.4, -0.2) is 21.6 Å². The van der Waals surface area contributed by atoms with Gasteiger partial charge >= 0.3 is 0 Å². The second-order valence-corrected chi connectivity index (χ2v) is 9.31. The third-order valence-electron chi connectivity index (χ3n) is 6.38. The molecule has 3 aliphatic rings. The summed E-state index contributed by atoms with van der Waals surface area (Å²) in [6, 6.07) is 12.9. The third-order valence-corrected chi connectivity index (χ3v) is 6.86. The standard InChI is InChI=1S/C23H18Cl2N4O2/c24-14-5-1-12(2-6-14)11-29-21-19(20(28-29)13-3-4-13)23(10-18(30)27-21)16-9-15(25)7-8-17(16)26-22(23)31/h1-2,5-9,13H,3-4,10-11H2,(H,26,31)(H,27,30). The van der Waals surface area contributed by atoms with Crippen LogP contribution in [0, 0.1) is 0 Å². The predicted molar refractivity (Wildman–Crippen MR) is 119 cm³/mol. The largest absolute Gasteiger partial charge is 0.325 e. The van der Waals surface area contributed by atoms with Gasteiger partial charge in [-0.2, -0.15) is 5.10 Å². The van der Waals surface area contributed by atoms with Crippen molar-refractivity contribution in [3.05, 3.63) is 74.9 Å². The van der Waals surface area contributed by atoms with Crippen LogP contribution in [-0.2, 0) is 21.5 Å². The van der Waals surface area contributed by atoms with Crippen molar-refractivity contribution in [2.45, 2.75) is 37.1 Å². The van der Waals surface area contributed by atoms with Crippen LogP contribution in [0.25, 0.3) is 0 Å². The summed E-state index contributed by atoms with van der Waals surface area (Å²) >= 11 is 12.3. The lowest BCUT2D eigenvalue weighted by Gasteiger charge is -2.32. The number of hydrogen-bond donors (Lipinski definition) is 2. The molecule has 1 fully saturated rings. The molecule has 8 heteroatoms. The van der Waals surface area contributed by atoms with Crippen molar-refractivity contribution < 1.29 is 9.59 Å².